The van der Waals surface area contributed by atoms with Gasteiger partial charge in [-0.3, -0.25) is 0 Å². The molecule has 0 aromatic carbocycles. The molecule has 0 aromatic heterocycles. The summed E-state index contributed by atoms with van der Waals surface area (Å²) < 4.78 is 0. The molecular formula is C13H27NO. The molecule has 1 aliphatic carbocycles. The number of aliphatic hydroxyl groups is 1. The van der Waals surface area contributed by atoms with E-state index in [0.29, 0.717) is 11.8 Å². The minimum Gasteiger partial charge on any atom is -0.388 e. The Morgan fingerprint density at radius 2 is 1.67 bits per heavy atom. The lowest BCUT2D eigenvalue weighted by atomic mass is 9.67. The summed E-state index contributed by atoms with van der Waals surface area (Å²) in [6, 6.07) is 0. The van der Waals surface area contributed by atoms with E-state index in [9.17, 15) is 5.11 Å². The van der Waals surface area contributed by atoms with Gasteiger partial charge >= 0.3 is 0 Å². The van der Waals surface area contributed by atoms with Gasteiger partial charge in [0.1, 0.15) is 0 Å². The molecule has 0 bridgehead atoms. The van der Waals surface area contributed by atoms with Crippen LogP contribution in [0, 0.1) is 11.8 Å². The van der Waals surface area contributed by atoms with Crippen molar-refractivity contribution in [2.75, 3.05) is 0 Å². The molecule has 0 radical (unpaired) electrons. The maximum absolute atomic E-state index is 10.7. The van der Waals surface area contributed by atoms with E-state index in [1.807, 2.05) is 0 Å². The van der Waals surface area contributed by atoms with Crippen molar-refractivity contribution in [3.05, 3.63) is 0 Å². The molecule has 1 aliphatic rings. The average Bonchev–Trinajstić information content (AvgIpc) is 2.52. The van der Waals surface area contributed by atoms with Crippen molar-refractivity contribution >= 4 is 0 Å². The molecule has 1 fully saturated rings. The summed E-state index contributed by atoms with van der Waals surface area (Å²) in [7, 11) is 0. The summed E-state index contributed by atoms with van der Waals surface area (Å²) in [4.78, 5) is 0. The first-order valence-electron chi connectivity index (χ1n) is 6.33. The Morgan fingerprint density at radius 3 is 2.00 bits per heavy atom. The predicted octanol–water partition coefficient (Wildman–Crippen LogP) is 2.69. The molecule has 0 saturated heterocycles. The topological polar surface area (TPSA) is 46.2 Å². The maximum Gasteiger partial charge on any atom is 0.0828 e. The Kier molecular flexibility index (Phi) is 3.83. The zero-order valence-corrected chi connectivity index (χ0v) is 10.7. The van der Waals surface area contributed by atoms with E-state index >= 15 is 0 Å². The molecule has 0 amide bonds. The molecule has 2 nitrogen and oxygen atoms in total. The predicted molar refractivity (Wildman–Crippen MR) is 64.6 cm³/mol. The lowest BCUT2D eigenvalue weighted by molar-refractivity contribution is -0.0596. The van der Waals surface area contributed by atoms with Crippen LogP contribution in [0.25, 0.3) is 0 Å². The third-order valence-corrected chi connectivity index (χ3v) is 4.07. The third-order valence-electron chi connectivity index (χ3n) is 4.07. The van der Waals surface area contributed by atoms with E-state index in [1.165, 1.54) is 0 Å². The van der Waals surface area contributed by atoms with Crippen molar-refractivity contribution in [3.8, 4) is 0 Å². The number of hydrogen-bond acceptors (Lipinski definition) is 2. The monoisotopic (exact) mass is 213 g/mol. The van der Waals surface area contributed by atoms with Gasteiger partial charge in [-0.25, -0.2) is 0 Å². The molecule has 0 heterocycles. The van der Waals surface area contributed by atoms with E-state index in [2.05, 4.69) is 27.7 Å². The summed E-state index contributed by atoms with van der Waals surface area (Å²) in [5, 5.41) is 10.7. The zero-order chi connectivity index (χ0) is 11.7. The van der Waals surface area contributed by atoms with Gasteiger partial charge < -0.3 is 10.8 Å². The van der Waals surface area contributed by atoms with Gasteiger partial charge in [-0.2, -0.15) is 0 Å². The van der Waals surface area contributed by atoms with Crippen molar-refractivity contribution in [1.29, 1.82) is 0 Å². The van der Waals surface area contributed by atoms with Gasteiger partial charge in [0, 0.05) is 5.54 Å². The summed E-state index contributed by atoms with van der Waals surface area (Å²) in [6.07, 6.45) is 4.94. The van der Waals surface area contributed by atoms with E-state index in [1.54, 1.807) is 0 Å². The van der Waals surface area contributed by atoms with Crippen LogP contribution < -0.4 is 5.73 Å². The van der Waals surface area contributed by atoms with Crippen LogP contribution in [-0.4, -0.2) is 16.2 Å². The van der Waals surface area contributed by atoms with Gasteiger partial charge in [0.15, 0.2) is 0 Å². The Bertz CT molecular complexity index is 207. The van der Waals surface area contributed by atoms with Crippen molar-refractivity contribution in [3.63, 3.8) is 0 Å². The van der Waals surface area contributed by atoms with Gasteiger partial charge in [-0.15, -0.1) is 0 Å². The van der Waals surface area contributed by atoms with Crippen LogP contribution in [-0.2, 0) is 0 Å². The molecule has 0 aromatic rings. The van der Waals surface area contributed by atoms with E-state index in [4.69, 9.17) is 5.73 Å². The Morgan fingerprint density at radius 1 is 1.20 bits per heavy atom. The molecule has 90 valence electrons. The lowest BCUT2D eigenvalue weighted by Gasteiger charge is -2.47. The fourth-order valence-corrected chi connectivity index (χ4v) is 3.06. The third kappa shape index (κ3) is 2.36. The molecule has 1 unspecified atom stereocenters. The van der Waals surface area contributed by atoms with Gasteiger partial charge in [-0.05, 0) is 31.1 Å². The van der Waals surface area contributed by atoms with E-state index in [0.717, 1.165) is 32.1 Å². The van der Waals surface area contributed by atoms with Gasteiger partial charge in [0.05, 0.1) is 5.60 Å². The first-order chi connectivity index (χ1) is 6.82. The Hall–Kier alpha value is -0.0800. The highest BCUT2D eigenvalue weighted by molar-refractivity contribution is 5.07. The van der Waals surface area contributed by atoms with Crippen LogP contribution in [0.3, 0.4) is 0 Å². The second-order valence-electron chi connectivity index (χ2n) is 6.03. The highest BCUT2D eigenvalue weighted by Gasteiger charge is 2.50. The number of nitrogens with two attached hydrogens (primary N) is 1. The minimum atomic E-state index is -0.620. The van der Waals surface area contributed by atoms with Crippen molar-refractivity contribution in [2.45, 2.75) is 70.9 Å². The average molecular weight is 213 g/mol. The fourth-order valence-electron chi connectivity index (χ4n) is 3.06. The van der Waals surface area contributed by atoms with Crippen LogP contribution in [0.2, 0.25) is 0 Å². The van der Waals surface area contributed by atoms with Crippen molar-refractivity contribution in [1.82, 2.24) is 0 Å². The van der Waals surface area contributed by atoms with Gasteiger partial charge in [0.25, 0.3) is 0 Å². The standard InChI is InChI=1S/C13H27NO/c1-10(2)9-13(14,11(3)4)12(15)7-5-6-8-12/h10-11,15H,5-9,14H2,1-4H3. The first-order valence-corrected chi connectivity index (χ1v) is 6.33. The van der Waals surface area contributed by atoms with Crippen LogP contribution in [0.5, 0.6) is 0 Å². The number of rotatable bonds is 4. The van der Waals surface area contributed by atoms with Gasteiger partial charge in [-0.1, -0.05) is 40.5 Å². The highest BCUT2D eigenvalue weighted by atomic mass is 16.3. The fraction of sp³-hybridized carbons (Fsp3) is 1.00. The molecule has 1 rings (SSSR count). The maximum atomic E-state index is 10.7. The van der Waals surface area contributed by atoms with Crippen LogP contribution in [0.15, 0.2) is 0 Å². The quantitative estimate of drug-likeness (QED) is 0.754. The minimum absolute atomic E-state index is 0.336. The molecule has 0 aliphatic heterocycles. The molecule has 2 heteroatoms. The lowest BCUT2D eigenvalue weighted by Crippen LogP contribution is -2.63. The summed E-state index contributed by atoms with van der Waals surface area (Å²) in [5.41, 5.74) is 5.51. The molecule has 1 saturated carbocycles. The number of hydrogen-bond donors (Lipinski definition) is 2. The highest BCUT2D eigenvalue weighted by Crippen LogP contribution is 2.43. The Labute approximate surface area is 94.2 Å². The molecule has 15 heavy (non-hydrogen) atoms. The molecule has 1 atom stereocenters. The van der Waals surface area contributed by atoms with E-state index < -0.39 is 11.1 Å². The van der Waals surface area contributed by atoms with Crippen LogP contribution >= 0.6 is 0 Å². The Balaban J connectivity index is 2.89. The molecule has 3 N–H and O–H groups in total. The smallest absolute Gasteiger partial charge is 0.0828 e. The second kappa shape index (κ2) is 4.42. The van der Waals surface area contributed by atoms with Crippen LogP contribution in [0.4, 0.5) is 0 Å². The van der Waals surface area contributed by atoms with Crippen molar-refractivity contribution < 1.29 is 5.11 Å². The zero-order valence-electron chi connectivity index (χ0n) is 10.7. The second-order valence-corrected chi connectivity index (χ2v) is 6.03. The van der Waals surface area contributed by atoms with Crippen LogP contribution in [0.1, 0.15) is 59.8 Å². The van der Waals surface area contributed by atoms with E-state index in [-0.39, 0.29) is 0 Å². The summed E-state index contributed by atoms with van der Waals surface area (Å²) >= 11 is 0. The normalized spacial score (nSPS) is 24.8. The summed E-state index contributed by atoms with van der Waals surface area (Å²) in [5.74, 6) is 0.880. The summed E-state index contributed by atoms with van der Waals surface area (Å²) in [6.45, 7) is 8.64. The van der Waals surface area contributed by atoms with Gasteiger partial charge in [0.2, 0.25) is 0 Å². The van der Waals surface area contributed by atoms with Crippen molar-refractivity contribution in [2.24, 2.45) is 17.6 Å². The molecular weight excluding hydrogens is 186 g/mol. The SMILES string of the molecule is CC(C)CC(N)(C(C)C)C1(O)CCCC1. The first kappa shape index (κ1) is 13.0. The molecule has 0 spiro atoms. The largest absolute Gasteiger partial charge is 0.388 e.